The van der Waals surface area contributed by atoms with Crippen molar-refractivity contribution in [1.29, 1.82) is 0 Å². The molecule has 0 aromatic heterocycles. The topological polar surface area (TPSA) is 145 Å². The lowest BCUT2D eigenvalue weighted by Gasteiger charge is -2.27. The van der Waals surface area contributed by atoms with E-state index in [-0.39, 0.29) is 42.7 Å². The number of hydrogen-bond acceptors (Lipinski definition) is 8. The molecule has 1 aliphatic heterocycles. The molecule has 0 aliphatic carbocycles. The van der Waals surface area contributed by atoms with E-state index in [9.17, 15) is 29.3 Å². The molecular formula is C22H17Cl4N3O8. The first-order valence-corrected chi connectivity index (χ1v) is 11.9. The first kappa shape index (κ1) is 28.5. The van der Waals surface area contributed by atoms with Crippen molar-refractivity contribution in [2.45, 2.75) is 19.9 Å². The van der Waals surface area contributed by atoms with Gasteiger partial charge in [-0.3, -0.25) is 29.4 Å². The van der Waals surface area contributed by atoms with Crippen LogP contribution in [-0.4, -0.2) is 53.3 Å². The van der Waals surface area contributed by atoms with Gasteiger partial charge in [-0.25, -0.2) is 4.79 Å². The van der Waals surface area contributed by atoms with Crippen molar-refractivity contribution in [3.8, 4) is 5.75 Å². The number of hydrogen-bond donors (Lipinski definition) is 1. The molecule has 1 aliphatic rings. The highest BCUT2D eigenvalue weighted by Crippen LogP contribution is 2.45. The number of ether oxygens (including phenoxy) is 2. The molecule has 11 nitrogen and oxygen atoms in total. The molecular weight excluding hydrogens is 576 g/mol. The number of esters is 1. The minimum absolute atomic E-state index is 0.191. The van der Waals surface area contributed by atoms with Gasteiger partial charge in [0.1, 0.15) is 17.5 Å². The van der Waals surface area contributed by atoms with Gasteiger partial charge in [-0.1, -0.05) is 60.3 Å². The Balaban J connectivity index is 1.81. The number of nitrogens with one attached hydrogen (secondary N) is 1. The van der Waals surface area contributed by atoms with Crippen LogP contribution in [0.5, 0.6) is 5.75 Å². The molecule has 2 aromatic rings. The lowest BCUT2D eigenvalue weighted by Crippen LogP contribution is -2.49. The summed E-state index contributed by atoms with van der Waals surface area (Å²) in [7, 11) is 1.34. The van der Waals surface area contributed by atoms with E-state index in [2.05, 4.69) is 5.32 Å². The fraction of sp³-hybridized carbons (Fsp3) is 0.273. The molecule has 1 heterocycles. The normalized spacial score (nSPS) is 13.5. The zero-order valence-corrected chi connectivity index (χ0v) is 22.3. The zero-order valence-electron chi connectivity index (χ0n) is 19.3. The van der Waals surface area contributed by atoms with E-state index < -0.39 is 52.9 Å². The minimum atomic E-state index is -1.48. The number of methoxy groups -OCH3 is 1. The monoisotopic (exact) mass is 591 g/mol. The van der Waals surface area contributed by atoms with Crippen LogP contribution in [-0.2, 0) is 14.3 Å². The molecule has 0 saturated carbocycles. The van der Waals surface area contributed by atoms with Gasteiger partial charge >= 0.3 is 5.97 Å². The minimum Gasteiger partial charge on any atom is -0.497 e. The van der Waals surface area contributed by atoms with Crippen LogP contribution in [0.15, 0.2) is 18.2 Å². The summed E-state index contributed by atoms with van der Waals surface area (Å²) >= 11 is 24.3. The van der Waals surface area contributed by atoms with Crippen LogP contribution < -0.4 is 10.1 Å². The Hall–Kier alpha value is -3.12. The van der Waals surface area contributed by atoms with Crippen LogP contribution in [0, 0.1) is 16.0 Å². The number of imide groups is 1. The van der Waals surface area contributed by atoms with E-state index >= 15 is 0 Å². The van der Waals surface area contributed by atoms with Crippen molar-refractivity contribution < 1.29 is 33.6 Å². The number of nitro groups is 1. The van der Waals surface area contributed by atoms with Gasteiger partial charge in [0.15, 0.2) is 6.61 Å². The van der Waals surface area contributed by atoms with Crippen LogP contribution in [0.3, 0.4) is 0 Å². The summed E-state index contributed by atoms with van der Waals surface area (Å²) in [6, 6.07) is 2.21. The highest BCUT2D eigenvalue weighted by Gasteiger charge is 2.48. The average molecular weight is 593 g/mol. The smallest absolute Gasteiger partial charge is 0.330 e. The van der Waals surface area contributed by atoms with Crippen LogP contribution in [0.25, 0.3) is 0 Å². The lowest BCUT2D eigenvalue weighted by molar-refractivity contribution is -0.383. The maximum atomic E-state index is 13.1. The second kappa shape index (κ2) is 11.1. The van der Waals surface area contributed by atoms with Crippen LogP contribution >= 0.6 is 46.4 Å². The van der Waals surface area contributed by atoms with E-state index in [1.165, 1.54) is 19.2 Å². The summed E-state index contributed by atoms with van der Waals surface area (Å²) < 4.78 is 10.1. The zero-order chi connectivity index (χ0) is 27.8. The highest BCUT2D eigenvalue weighted by molar-refractivity contribution is 6.55. The number of carbonyl (C=O) groups is 4. The van der Waals surface area contributed by atoms with E-state index in [0.717, 1.165) is 6.07 Å². The van der Waals surface area contributed by atoms with Crippen molar-refractivity contribution >= 4 is 81.5 Å². The molecule has 0 unspecified atom stereocenters. The van der Waals surface area contributed by atoms with Crippen molar-refractivity contribution in [2.75, 3.05) is 19.0 Å². The van der Waals surface area contributed by atoms with Crippen molar-refractivity contribution in [3.63, 3.8) is 0 Å². The molecule has 0 spiro atoms. The third-order valence-corrected chi connectivity index (χ3v) is 7.11. The molecule has 0 radical (unpaired) electrons. The van der Waals surface area contributed by atoms with Crippen LogP contribution in [0.2, 0.25) is 20.1 Å². The summed E-state index contributed by atoms with van der Waals surface area (Å²) in [5.41, 5.74) is -1.23. The summed E-state index contributed by atoms with van der Waals surface area (Å²) in [5, 5.41) is 12.4. The molecule has 0 saturated heterocycles. The van der Waals surface area contributed by atoms with Gasteiger partial charge in [0, 0.05) is 12.1 Å². The predicted octanol–water partition coefficient (Wildman–Crippen LogP) is 5.02. The molecule has 3 rings (SSSR count). The number of nitro benzene ring substituents is 1. The first-order valence-electron chi connectivity index (χ1n) is 10.3. The molecule has 3 amide bonds. The Morgan fingerprint density at radius 3 is 2.03 bits per heavy atom. The van der Waals surface area contributed by atoms with Gasteiger partial charge in [0.25, 0.3) is 23.4 Å². The van der Waals surface area contributed by atoms with E-state index in [0.29, 0.717) is 4.90 Å². The van der Waals surface area contributed by atoms with E-state index in [4.69, 9.17) is 55.9 Å². The number of carbonyl (C=O) groups excluding carboxylic acids is 4. The van der Waals surface area contributed by atoms with Crippen LogP contribution in [0.4, 0.5) is 11.4 Å². The maximum Gasteiger partial charge on any atom is 0.330 e. The first-order chi connectivity index (χ1) is 17.3. The van der Waals surface area contributed by atoms with Crippen molar-refractivity contribution in [3.05, 3.63) is 59.5 Å². The molecule has 37 heavy (non-hydrogen) atoms. The van der Waals surface area contributed by atoms with Crippen molar-refractivity contribution in [2.24, 2.45) is 5.92 Å². The van der Waals surface area contributed by atoms with E-state index in [1.807, 2.05) is 0 Å². The quantitative estimate of drug-likeness (QED) is 0.112. The third kappa shape index (κ3) is 5.30. The fourth-order valence-corrected chi connectivity index (χ4v) is 4.62. The van der Waals surface area contributed by atoms with E-state index in [1.54, 1.807) is 13.8 Å². The fourth-order valence-electron chi connectivity index (χ4n) is 3.60. The number of nitrogens with zero attached hydrogens (tertiary/aromatic N) is 2. The standard InChI is InChI=1S/C22H17Cl4N3O8/c1-8(2)19(28-20(31)13-14(21(28)32)16(24)18(26)17(25)15(13)23)22(33)37-7-12(30)27-10-6-9(36-3)4-5-11(10)29(34)35/h4-6,8,19H,7H2,1-3H3,(H,27,30)/t19-/m1/s1. The Morgan fingerprint density at radius 1 is 1.03 bits per heavy atom. The second-order valence-corrected chi connectivity index (χ2v) is 9.48. The predicted molar refractivity (Wildman–Crippen MR) is 135 cm³/mol. The number of fused-ring (bicyclic) bond motifs is 1. The van der Waals surface area contributed by atoms with Gasteiger partial charge in [-0.2, -0.15) is 0 Å². The Labute approximate surface area is 229 Å². The third-order valence-electron chi connectivity index (χ3n) is 5.30. The summed E-state index contributed by atoms with van der Waals surface area (Å²) in [6.45, 7) is 2.20. The average Bonchev–Trinajstić information content (AvgIpc) is 3.10. The van der Waals surface area contributed by atoms with Gasteiger partial charge in [-0.15, -0.1) is 0 Å². The van der Waals surface area contributed by atoms with Gasteiger partial charge in [-0.05, 0) is 12.0 Å². The molecule has 0 bridgehead atoms. The number of anilines is 1. The molecule has 15 heteroatoms. The molecule has 0 fully saturated rings. The molecule has 1 N–H and O–H groups in total. The summed E-state index contributed by atoms with van der Waals surface area (Å²) in [6.07, 6.45) is 0. The van der Waals surface area contributed by atoms with Gasteiger partial charge in [0.2, 0.25) is 0 Å². The number of benzene rings is 2. The van der Waals surface area contributed by atoms with Crippen molar-refractivity contribution in [1.82, 2.24) is 4.90 Å². The summed E-state index contributed by atoms with van der Waals surface area (Å²) in [5.74, 6) is -4.33. The summed E-state index contributed by atoms with van der Waals surface area (Å²) in [4.78, 5) is 62.8. The number of amides is 3. The Kier molecular flexibility index (Phi) is 8.53. The highest BCUT2D eigenvalue weighted by atomic mass is 35.5. The SMILES string of the molecule is COc1ccc([N+](=O)[O-])c(NC(=O)COC(=O)[C@@H](C(C)C)N2C(=O)c3c(Cl)c(Cl)c(Cl)c(Cl)c3C2=O)c1. The maximum absolute atomic E-state index is 13.1. The molecule has 196 valence electrons. The van der Waals surface area contributed by atoms with Gasteiger partial charge < -0.3 is 14.8 Å². The second-order valence-electron chi connectivity index (χ2n) is 7.97. The largest absolute Gasteiger partial charge is 0.497 e. The Bertz CT molecular complexity index is 1300. The van der Waals surface area contributed by atoms with Gasteiger partial charge in [0.05, 0.1) is 43.3 Å². The molecule has 1 atom stereocenters. The van der Waals surface area contributed by atoms with Crippen LogP contribution in [0.1, 0.15) is 34.6 Å². The number of halogens is 4. The molecule has 2 aromatic carbocycles. The Morgan fingerprint density at radius 2 is 1.57 bits per heavy atom. The lowest BCUT2D eigenvalue weighted by atomic mass is 10.0. The number of rotatable bonds is 8.